The van der Waals surface area contributed by atoms with Crippen molar-refractivity contribution in [1.82, 2.24) is 0 Å². The molecule has 1 aromatic rings. The van der Waals surface area contributed by atoms with Gasteiger partial charge < -0.3 is 4.74 Å². The highest BCUT2D eigenvalue weighted by molar-refractivity contribution is 5.27. The number of benzene rings is 1. The van der Waals surface area contributed by atoms with Gasteiger partial charge in [-0.2, -0.15) is 0 Å². The molecule has 0 radical (unpaired) electrons. The van der Waals surface area contributed by atoms with E-state index in [0.717, 1.165) is 12.8 Å². The molecule has 1 heterocycles. The van der Waals surface area contributed by atoms with Gasteiger partial charge in [0, 0.05) is 0 Å². The summed E-state index contributed by atoms with van der Waals surface area (Å²) in [5, 5.41) is 0. The first-order valence-corrected chi connectivity index (χ1v) is 5.27. The molecule has 0 aromatic heterocycles. The molecule has 1 atom stereocenters. The second kappa shape index (κ2) is 4.03. The van der Waals surface area contributed by atoms with Gasteiger partial charge in [-0.05, 0) is 18.4 Å². The summed E-state index contributed by atoms with van der Waals surface area (Å²) in [6, 6.07) is 10.3. The van der Waals surface area contributed by atoms with Crippen LogP contribution in [0.4, 0.5) is 0 Å². The Morgan fingerprint density at radius 3 is 2.27 bits per heavy atom. The van der Waals surface area contributed by atoms with E-state index in [1.807, 2.05) is 30.4 Å². The lowest BCUT2D eigenvalue weighted by Crippen LogP contribution is -2.09. The fraction of sp³-hybridized carbons (Fsp3) is 0.286. The molecule has 15 heavy (non-hydrogen) atoms. The molecule has 1 fully saturated rings. The smallest absolute Gasteiger partial charge is 0.113 e. The third kappa shape index (κ3) is 1.88. The Labute approximate surface area is 91.1 Å². The Morgan fingerprint density at radius 2 is 1.73 bits per heavy atom. The van der Waals surface area contributed by atoms with E-state index in [2.05, 4.69) is 25.3 Å². The lowest BCUT2D eigenvalue weighted by molar-refractivity contribution is 0.296. The Balaban J connectivity index is 2.14. The normalized spacial score (nSPS) is 22.0. The van der Waals surface area contributed by atoms with Gasteiger partial charge in [0.15, 0.2) is 0 Å². The van der Waals surface area contributed by atoms with Crippen molar-refractivity contribution in [1.29, 1.82) is 0 Å². The minimum Gasteiger partial charge on any atom is -0.360 e. The van der Waals surface area contributed by atoms with E-state index >= 15 is 0 Å². The monoisotopic (exact) mass is 200 g/mol. The molecule has 1 nitrogen and oxygen atoms in total. The van der Waals surface area contributed by atoms with Crippen LogP contribution in [0.1, 0.15) is 24.5 Å². The molecule has 2 rings (SSSR count). The molecule has 1 aliphatic heterocycles. The zero-order chi connectivity index (χ0) is 10.7. The molecule has 1 heteroatoms. The third-order valence-electron chi connectivity index (χ3n) is 2.86. The highest BCUT2D eigenvalue weighted by Gasteiger charge is 2.54. The van der Waals surface area contributed by atoms with Crippen molar-refractivity contribution in [3.05, 3.63) is 61.2 Å². The van der Waals surface area contributed by atoms with Crippen LogP contribution in [-0.2, 0) is 4.74 Å². The fourth-order valence-corrected chi connectivity index (χ4v) is 2.08. The van der Waals surface area contributed by atoms with Gasteiger partial charge in [0.2, 0.25) is 0 Å². The molecule has 1 aromatic carbocycles. The molecule has 0 bridgehead atoms. The van der Waals surface area contributed by atoms with Gasteiger partial charge in [0.1, 0.15) is 11.7 Å². The van der Waals surface area contributed by atoms with Crippen molar-refractivity contribution < 1.29 is 4.74 Å². The SMILES string of the molecule is C=CCC1(CC=C)OC1c1ccccc1. The minimum atomic E-state index is -0.0646. The Morgan fingerprint density at radius 1 is 1.13 bits per heavy atom. The van der Waals surface area contributed by atoms with E-state index in [0.29, 0.717) is 0 Å². The largest absolute Gasteiger partial charge is 0.360 e. The summed E-state index contributed by atoms with van der Waals surface area (Å²) in [5.74, 6) is 0. The van der Waals surface area contributed by atoms with E-state index in [9.17, 15) is 0 Å². The van der Waals surface area contributed by atoms with Crippen molar-refractivity contribution in [3.63, 3.8) is 0 Å². The van der Waals surface area contributed by atoms with Gasteiger partial charge in [0.05, 0.1) is 0 Å². The molecule has 1 aliphatic rings. The Kier molecular flexibility index (Phi) is 2.74. The molecule has 78 valence electrons. The second-order valence-electron chi connectivity index (χ2n) is 3.96. The molecule has 0 aliphatic carbocycles. The van der Waals surface area contributed by atoms with Crippen molar-refractivity contribution in [2.45, 2.75) is 24.5 Å². The second-order valence-corrected chi connectivity index (χ2v) is 3.96. The van der Waals surface area contributed by atoms with E-state index in [4.69, 9.17) is 4.74 Å². The summed E-state index contributed by atoms with van der Waals surface area (Å²) in [6.07, 6.45) is 5.84. The Hall–Kier alpha value is -1.34. The van der Waals surface area contributed by atoms with Crippen molar-refractivity contribution >= 4 is 0 Å². The van der Waals surface area contributed by atoms with E-state index in [1.54, 1.807) is 0 Å². The molecule has 0 N–H and O–H groups in total. The van der Waals surface area contributed by atoms with Gasteiger partial charge in [0.25, 0.3) is 0 Å². The van der Waals surface area contributed by atoms with Crippen LogP contribution in [-0.4, -0.2) is 5.60 Å². The molecule has 1 unspecified atom stereocenters. The van der Waals surface area contributed by atoms with Crippen LogP contribution in [0.2, 0.25) is 0 Å². The van der Waals surface area contributed by atoms with Crippen molar-refractivity contribution in [2.24, 2.45) is 0 Å². The number of hydrogen-bond acceptors (Lipinski definition) is 1. The minimum absolute atomic E-state index is 0.0646. The summed E-state index contributed by atoms with van der Waals surface area (Å²) >= 11 is 0. The average molecular weight is 200 g/mol. The van der Waals surface area contributed by atoms with Gasteiger partial charge in [-0.3, -0.25) is 0 Å². The van der Waals surface area contributed by atoms with Crippen LogP contribution < -0.4 is 0 Å². The third-order valence-corrected chi connectivity index (χ3v) is 2.86. The van der Waals surface area contributed by atoms with Crippen LogP contribution >= 0.6 is 0 Å². The lowest BCUT2D eigenvalue weighted by Gasteiger charge is -2.06. The maximum atomic E-state index is 5.83. The van der Waals surface area contributed by atoms with Crippen LogP contribution in [0.15, 0.2) is 55.6 Å². The lowest BCUT2D eigenvalue weighted by atomic mass is 9.93. The van der Waals surface area contributed by atoms with E-state index in [-0.39, 0.29) is 11.7 Å². The summed E-state index contributed by atoms with van der Waals surface area (Å²) in [5.41, 5.74) is 1.19. The number of rotatable bonds is 5. The zero-order valence-corrected chi connectivity index (χ0v) is 8.86. The first-order chi connectivity index (χ1) is 7.32. The summed E-state index contributed by atoms with van der Waals surface area (Å²) < 4.78 is 5.83. The van der Waals surface area contributed by atoms with Gasteiger partial charge in [-0.25, -0.2) is 0 Å². The quantitative estimate of drug-likeness (QED) is 0.522. The average Bonchev–Trinajstić information content (AvgIpc) is 2.95. The van der Waals surface area contributed by atoms with Crippen LogP contribution in [0.5, 0.6) is 0 Å². The van der Waals surface area contributed by atoms with Gasteiger partial charge in [-0.1, -0.05) is 42.5 Å². The zero-order valence-electron chi connectivity index (χ0n) is 8.86. The summed E-state index contributed by atoms with van der Waals surface area (Å²) in [7, 11) is 0. The number of ether oxygens (including phenoxy) is 1. The highest BCUT2D eigenvalue weighted by atomic mass is 16.6. The maximum Gasteiger partial charge on any atom is 0.113 e. The fourth-order valence-electron chi connectivity index (χ4n) is 2.08. The molecule has 0 amide bonds. The van der Waals surface area contributed by atoms with E-state index in [1.165, 1.54) is 5.56 Å². The predicted molar refractivity (Wildman–Crippen MR) is 62.6 cm³/mol. The van der Waals surface area contributed by atoms with Crippen molar-refractivity contribution in [2.75, 3.05) is 0 Å². The number of epoxide rings is 1. The maximum absolute atomic E-state index is 5.83. The first kappa shape index (κ1) is 10.2. The molecule has 0 saturated carbocycles. The van der Waals surface area contributed by atoms with Crippen molar-refractivity contribution in [3.8, 4) is 0 Å². The molecule has 1 saturated heterocycles. The molecular formula is C14H16O. The first-order valence-electron chi connectivity index (χ1n) is 5.27. The Bertz CT molecular complexity index is 343. The summed E-state index contributed by atoms with van der Waals surface area (Å²) in [6.45, 7) is 7.56. The van der Waals surface area contributed by atoms with Crippen LogP contribution in [0.25, 0.3) is 0 Å². The number of hydrogen-bond donors (Lipinski definition) is 0. The van der Waals surface area contributed by atoms with E-state index < -0.39 is 0 Å². The van der Waals surface area contributed by atoms with Gasteiger partial charge in [-0.15, -0.1) is 13.2 Å². The highest BCUT2D eigenvalue weighted by Crippen LogP contribution is 2.54. The van der Waals surface area contributed by atoms with Crippen LogP contribution in [0.3, 0.4) is 0 Å². The topological polar surface area (TPSA) is 12.5 Å². The summed E-state index contributed by atoms with van der Waals surface area (Å²) in [4.78, 5) is 0. The molecule has 0 spiro atoms. The molecular weight excluding hydrogens is 184 g/mol. The standard InChI is InChI=1S/C14H16O/c1-3-10-14(11-4-2)13(15-14)12-8-6-5-7-9-12/h3-9,13H,1-2,10-11H2. The van der Waals surface area contributed by atoms with Crippen LogP contribution in [0, 0.1) is 0 Å². The van der Waals surface area contributed by atoms with Gasteiger partial charge >= 0.3 is 0 Å². The predicted octanol–water partition coefficient (Wildman–Crippen LogP) is 3.65.